The standard InChI is InChI=1S/C19H15ClFN5OS/c1-10-2-16-13(18(24-23-16)17-8-28-9-22-17)6-26(10)19(27)11-3-12-4-14(20)15(21)7-25(12)5-11/h3-5,7-10H,2,6H2,1H3,(H,23,24). The van der Waals surface area contributed by atoms with E-state index >= 15 is 0 Å². The molecule has 0 spiro atoms. The van der Waals surface area contributed by atoms with Gasteiger partial charge in [-0.1, -0.05) is 11.6 Å². The molecule has 28 heavy (non-hydrogen) atoms. The maximum Gasteiger partial charge on any atom is 0.255 e. The smallest absolute Gasteiger partial charge is 0.255 e. The van der Waals surface area contributed by atoms with Gasteiger partial charge in [0.2, 0.25) is 0 Å². The molecule has 0 saturated heterocycles. The Morgan fingerprint density at radius 1 is 1.39 bits per heavy atom. The number of fused-ring (bicyclic) bond motifs is 2. The molecule has 0 fully saturated rings. The Kier molecular flexibility index (Phi) is 3.99. The lowest BCUT2D eigenvalue weighted by Crippen LogP contribution is -2.42. The Balaban J connectivity index is 1.50. The largest absolute Gasteiger partial charge is 0.331 e. The molecule has 4 aromatic heterocycles. The fourth-order valence-corrected chi connectivity index (χ4v) is 4.37. The quantitative estimate of drug-likeness (QED) is 0.534. The van der Waals surface area contributed by atoms with Gasteiger partial charge in [0.15, 0.2) is 5.82 Å². The van der Waals surface area contributed by atoms with Crippen molar-refractivity contribution in [2.24, 2.45) is 0 Å². The Morgan fingerprint density at radius 2 is 2.25 bits per heavy atom. The van der Waals surface area contributed by atoms with Gasteiger partial charge in [-0.05, 0) is 19.1 Å². The average Bonchev–Trinajstić information content (AvgIpc) is 3.39. The lowest BCUT2D eigenvalue weighted by molar-refractivity contribution is 0.0658. The molecular formula is C19H15ClFN5OS. The van der Waals surface area contributed by atoms with Gasteiger partial charge in [-0.2, -0.15) is 5.10 Å². The number of thiazole rings is 1. The molecule has 1 N–H and O–H groups in total. The number of aromatic nitrogens is 4. The van der Waals surface area contributed by atoms with Crippen LogP contribution in [0.3, 0.4) is 0 Å². The number of halogens is 2. The fraction of sp³-hybridized carbons (Fsp3) is 0.211. The van der Waals surface area contributed by atoms with Crippen LogP contribution in [0.2, 0.25) is 5.02 Å². The molecule has 1 amide bonds. The van der Waals surface area contributed by atoms with Gasteiger partial charge in [-0.25, -0.2) is 9.37 Å². The van der Waals surface area contributed by atoms with Crippen molar-refractivity contribution in [2.45, 2.75) is 25.9 Å². The fourth-order valence-electron chi connectivity index (χ4n) is 3.67. The van der Waals surface area contributed by atoms with E-state index in [9.17, 15) is 9.18 Å². The second kappa shape index (κ2) is 6.42. The summed E-state index contributed by atoms with van der Waals surface area (Å²) in [6.45, 7) is 2.45. The molecule has 1 aliphatic heterocycles. The number of hydrogen-bond acceptors (Lipinski definition) is 4. The molecule has 0 bridgehead atoms. The molecule has 0 radical (unpaired) electrons. The summed E-state index contributed by atoms with van der Waals surface area (Å²) in [5.74, 6) is -0.630. The van der Waals surface area contributed by atoms with Gasteiger partial charge in [0, 0.05) is 47.0 Å². The van der Waals surface area contributed by atoms with E-state index in [1.807, 2.05) is 17.2 Å². The molecule has 0 aromatic carbocycles. The molecule has 4 aromatic rings. The highest BCUT2D eigenvalue weighted by molar-refractivity contribution is 7.07. The van der Waals surface area contributed by atoms with E-state index in [-0.39, 0.29) is 17.0 Å². The summed E-state index contributed by atoms with van der Waals surface area (Å²) in [7, 11) is 0. The average molecular weight is 416 g/mol. The molecule has 1 unspecified atom stereocenters. The number of H-pyrrole nitrogens is 1. The Bertz CT molecular complexity index is 1160. The first-order valence-corrected chi connectivity index (χ1v) is 10.1. The highest BCUT2D eigenvalue weighted by Gasteiger charge is 2.32. The Hall–Kier alpha value is -2.71. The van der Waals surface area contributed by atoms with E-state index in [4.69, 9.17) is 11.6 Å². The van der Waals surface area contributed by atoms with E-state index in [2.05, 4.69) is 15.2 Å². The lowest BCUT2D eigenvalue weighted by atomic mass is 9.98. The van der Waals surface area contributed by atoms with Crippen LogP contribution in [-0.2, 0) is 13.0 Å². The van der Waals surface area contributed by atoms with Crippen LogP contribution >= 0.6 is 22.9 Å². The monoisotopic (exact) mass is 415 g/mol. The minimum atomic E-state index is -0.522. The molecule has 1 atom stereocenters. The topological polar surface area (TPSA) is 66.3 Å². The van der Waals surface area contributed by atoms with E-state index in [1.165, 1.54) is 23.6 Å². The van der Waals surface area contributed by atoms with Gasteiger partial charge < -0.3 is 9.30 Å². The summed E-state index contributed by atoms with van der Waals surface area (Å²) in [5.41, 5.74) is 6.57. The normalized spacial score (nSPS) is 16.5. The van der Waals surface area contributed by atoms with Gasteiger partial charge in [-0.3, -0.25) is 9.89 Å². The maximum atomic E-state index is 13.7. The van der Waals surface area contributed by atoms with Crippen LogP contribution in [-0.4, -0.2) is 36.4 Å². The first kappa shape index (κ1) is 17.4. The van der Waals surface area contributed by atoms with Crippen molar-refractivity contribution < 1.29 is 9.18 Å². The number of carbonyl (C=O) groups excluding carboxylic acids is 1. The predicted molar refractivity (Wildman–Crippen MR) is 105 cm³/mol. The maximum absolute atomic E-state index is 13.7. The summed E-state index contributed by atoms with van der Waals surface area (Å²) in [6.07, 6.45) is 3.60. The summed E-state index contributed by atoms with van der Waals surface area (Å²) in [4.78, 5) is 19.4. The zero-order chi connectivity index (χ0) is 19.4. The predicted octanol–water partition coefficient (Wildman–Crippen LogP) is 4.17. The minimum absolute atomic E-state index is 0.00655. The number of nitrogens with zero attached hydrogens (tertiary/aromatic N) is 4. The van der Waals surface area contributed by atoms with E-state index in [0.717, 1.165) is 22.6 Å². The second-order valence-corrected chi connectivity index (χ2v) is 8.05. The van der Waals surface area contributed by atoms with Gasteiger partial charge in [0.25, 0.3) is 5.91 Å². The summed E-state index contributed by atoms with van der Waals surface area (Å²) in [6, 6.07) is 3.25. The first-order valence-electron chi connectivity index (χ1n) is 8.73. The van der Waals surface area contributed by atoms with Crippen molar-refractivity contribution in [1.82, 2.24) is 24.5 Å². The SMILES string of the molecule is CC1Cc2[nH]nc(-c3cscn3)c2CN1C(=O)c1cc2cc(Cl)c(F)cn2c1. The number of hydrogen-bond donors (Lipinski definition) is 1. The van der Waals surface area contributed by atoms with Crippen LogP contribution in [0.1, 0.15) is 28.5 Å². The summed E-state index contributed by atoms with van der Waals surface area (Å²) < 4.78 is 15.3. The number of rotatable bonds is 2. The Labute approximate surface area is 168 Å². The van der Waals surface area contributed by atoms with Gasteiger partial charge in [-0.15, -0.1) is 11.3 Å². The zero-order valence-electron chi connectivity index (χ0n) is 14.8. The molecule has 142 valence electrons. The Morgan fingerprint density at radius 3 is 3.04 bits per heavy atom. The zero-order valence-corrected chi connectivity index (χ0v) is 16.4. The molecule has 5 rings (SSSR count). The van der Waals surface area contributed by atoms with Crippen molar-refractivity contribution in [2.75, 3.05) is 0 Å². The van der Waals surface area contributed by atoms with Crippen LogP contribution < -0.4 is 0 Å². The molecule has 0 aliphatic carbocycles. The molecule has 5 heterocycles. The number of nitrogens with one attached hydrogen (secondary N) is 1. The highest BCUT2D eigenvalue weighted by atomic mass is 35.5. The van der Waals surface area contributed by atoms with E-state index in [1.54, 1.807) is 22.2 Å². The third-order valence-corrected chi connectivity index (χ3v) is 6.01. The van der Waals surface area contributed by atoms with Crippen molar-refractivity contribution >= 4 is 34.4 Å². The van der Waals surface area contributed by atoms with Crippen LogP contribution in [0.15, 0.2) is 35.4 Å². The van der Waals surface area contributed by atoms with Crippen molar-refractivity contribution in [3.8, 4) is 11.4 Å². The number of amides is 1. The molecule has 6 nitrogen and oxygen atoms in total. The number of pyridine rings is 1. The lowest BCUT2D eigenvalue weighted by Gasteiger charge is -2.33. The molecule has 1 aliphatic rings. The summed E-state index contributed by atoms with van der Waals surface area (Å²) >= 11 is 7.37. The van der Waals surface area contributed by atoms with Crippen molar-refractivity contribution in [3.63, 3.8) is 0 Å². The highest BCUT2D eigenvalue weighted by Crippen LogP contribution is 2.31. The van der Waals surface area contributed by atoms with Crippen LogP contribution in [0.5, 0.6) is 0 Å². The third-order valence-electron chi connectivity index (χ3n) is 5.13. The van der Waals surface area contributed by atoms with Crippen molar-refractivity contribution in [1.29, 1.82) is 0 Å². The molecular weight excluding hydrogens is 401 g/mol. The summed E-state index contributed by atoms with van der Waals surface area (Å²) in [5, 5.41) is 9.49. The third kappa shape index (κ3) is 2.71. The van der Waals surface area contributed by atoms with Crippen LogP contribution in [0.25, 0.3) is 16.9 Å². The second-order valence-electron chi connectivity index (χ2n) is 6.92. The van der Waals surface area contributed by atoms with Crippen molar-refractivity contribution in [3.05, 3.63) is 63.1 Å². The first-order chi connectivity index (χ1) is 13.5. The van der Waals surface area contributed by atoms with Gasteiger partial charge >= 0.3 is 0 Å². The van der Waals surface area contributed by atoms with E-state index in [0.29, 0.717) is 24.0 Å². The van der Waals surface area contributed by atoms with Gasteiger partial charge in [0.05, 0.1) is 22.6 Å². The number of carbonyl (C=O) groups is 1. The van der Waals surface area contributed by atoms with Crippen LogP contribution in [0.4, 0.5) is 4.39 Å². The van der Waals surface area contributed by atoms with Gasteiger partial charge in [0.1, 0.15) is 11.4 Å². The number of aromatic amines is 1. The molecule has 0 saturated carbocycles. The van der Waals surface area contributed by atoms with E-state index < -0.39 is 5.82 Å². The minimum Gasteiger partial charge on any atom is -0.331 e. The molecule has 9 heteroatoms. The van der Waals surface area contributed by atoms with Crippen LogP contribution in [0, 0.1) is 5.82 Å².